The highest BCUT2D eigenvalue weighted by Gasteiger charge is 2.23. The van der Waals surface area contributed by atoms with Crippen LogP contribution in [-0.2, 0) is 4.79 Å². The summed E-state index contributed by atoms with van der Waals surface area (Å²) in [5, 5.41) is 16.5. The Morgan fingerprint density at radius 2 is 2.10 bits per heavy atom. The number of primary amides is 1. The molecule has 2 aromatic rings. The van der Waals surface area contributed by atoms with Crippen LogP contribution in [0.25, 0.3) is 0 Å². The van der Waals surface area contributed by atoms with Crippen LogP contribution in [0.3, 0.4) is 0 Å². The summed E-state index contributed by atoms with van der Waals surface area (Å²) in [4.78, 5) is 41.6. The van der Waals surface area contributed by atoms with Gasteiger partial charge >= 0.3 is 0 Å². The van der Waals surface area contributed by atoms with E-state index in [0.29, 0.717) is 24.3 Å². The molecule has 1 aliphatic rings. The maximum Gasteiger partial charge on any atom is 0.273 e. The first kappa shape index (κ1) is 21.7. The highest BCUT2D eigenvalue weighted by Crippen LogP contribution is 2.21. The van der Waals surface area contributed by atoms with Gasteiger partial charge in [-0.05, 0) is 37.1 Å². The van der Waals surface area contributed by atoms with Crippen molar-refractivity contribution < 1.29 is 14.4 Å². The molecule has 2 heterocycles. The molecule has 3 rings (SSSR count). The van der Waals surface area contributed by atoms with E-state index in [4.69, 9.17) is 5.73 Å². The van der Waals surface area contributed by atoms with Crippen LogP contribution in [-0.4, -0.2) is 64.0 Å². The first-order valence-corrected chi connectivity index (χ1v) is 9.72. The molecule has 3 amide bonds. The topological polar surface area (TPSA) is 155 Å². The molecule has 1 aromatic heterocycles. The molecule has 11 nitrogen and oxygen atoms in total. The SMILES string of the molecule is C=CC(=O)N1CCCC(Nc2nnc(C(N)=O)c(Nc3cccc(C(=O)NC)c3)n2)C1. The molecule has 1 atom stereocenters. The van der Waals surface area contributed by atoms with Crippen LogP contribution in [0.15, 0.2) is 36.9 Å². The number of aromatic nitrogens is 3. The molecule has 5 N–H and O–H groups in total. The van der Waals surface area contributed by atoms with Gasteiger partial charge in [-0.2, -0.15) is 4.98 Å². The second-order valence-electron chi connectivity index (χ2n) is 6.95. The van der Waals surface area contributed by atoms with Gasteiger partial charge in [0.05, 0.1) is 0 Å². The Morgan fingerprint density at radius 1 is 1.29 bits per heavy atom. The standard InChI is InChI=1S/C20H24N8O3/c1-3-15(29)28-9-5-8-14(11-28)24-20-25-18(16(17(21)30)26-27-20)23-13-7-4-6-12(10-13)19(31)22-2/h3-4,6-7,10,14H,1,5,8-9,11H2,2H3,(H2,21,30)(H,22,31)(H2,23,24,25,27). The zero-order valence-corrected chi connectivity index (χ0v) is 17.1. The maximum atomic E-state index is 11.9. The third-order valence-corrected chi connectivity index (χ3v) is 4.78. The van der Waals surface area contributed by atoms with Gasteiger partial charge in [0.25, 0.3) is 11.8 Å². The van der Waals surface area contributed by atoms with Gasteiger partial charge in [-0.3, -0.25) is 14.4 Å². The fourth-order valence-electron chi connectivity index (χ4n) is 3.27. The largest absolute Gasteiger partial charge is 0.364 e. The van der Waals surface area contributed by atoms with Crippen molar-refractivity contribution in [2.75, 3.05) is 30.8 Å². The summed E-state index contributed by atoms with van der Waals surface area (Å²) in [5.41, 5.74) is 6.23. The Bertz CT molecular complexity index is 1010. The van der Waals surface area contributed by atoms with Crippen LogP contribution in [0.2, 0.25) is 0 Å². The van der Waals surface area contributed by atoms with Crippen molar-refractivity contribution in [3.8, 4) is 0 Å². The van der Waals surface area contributed by atoms with Crippen LogP contribution in [0.1, 0.15) is 33.7 Å². The Morgan fingerprint density at radius 3 is 2.81 bits per heavy atom. The second kappa shape index (κ2) is 9.65. The molecule has 1 aliphatic heterocycles. The second-order valence-corrected chi connectivity index (χ2v) is 6.95. The summed E-state index contributed by atoms with van der Waals surface area (Å²) in [6, 6.07) is 6.59. The molecule has 1 fully saturated rings. The molecule has 31 heavy (non-hydrogen) atoms. The van der Waals surface area contributed by atoms with Gasteiger partial charge in [0.2, 0.25) is 11.9 Å². The minimum Gasteiger partial charge on any atom is -0.364 e. The maximum absolute atomic E-state index is 11.9. The lowest BCUT2D eigenvalue weighted by Gasteiger charge is -2.32. The summed E-state index contributed by atoms with van der Waals surface area (Å²) in [6.07, 6.45) is 2.93. The van der Waals surface area contributed by atoms with Crippen molar-refractivity contribution in [2.24, 2.45) is 5.73 Å². The Kier molecular flexibility index (Phi) is 6.75. The molecular formula is C20H24N8O3. The number of carbonyl (C=O) groups is 3. The number of nitrogens with two attached hydrogens (primary N) is 1. The zero-order valence-electron chi connectivity index (χ0n) is 17.1. The van der Waals surface area contributed by atoms with E-state index in [1.165, 1.54) is 13.1 Å². The molecule has 11 heteroatoms. The lowest BCUT2D eigenvalue weighted by molar-refractivity contribution is -0.127. The van der Waals surface area contributed by atoms with Gasteiger partial charge < -0.3 is 26.6 Å². The van der Waals surface area contributed by atoms with Crippen molar-refractivity contribution >= 4 is 35.2 Å². The normalized spacial score (nSPS) is 15.6. The number of likely N-dealkylation sites (tertiary alicyclic amines) is 1. The molecule has 1 unspecified atom stereocenters. The number of hydrogen-bond donors (Lipinski definition) is 4. The van der Waals surface area contributed by atoms with Gasteiger partial charge in [0, 0.05) is 37.4 Å². The molecule has 0 bridgehead atoms. The van der Waals surface area contributed by atoms with Crippen LogP contribution in [0.5, 0.6) is 0 Å². The Balaban J connectivity index is 1.81. The number of nitrogens with zero attached hydrogens (tertiary/aromatic N) is 4. The van der Waals surface area contributed by atoms with Gasteiger partial charge in [0.1, 0.15) is 0 Å². The average Bonchev–Trinajstić information content (AvgIpc) is 2.78. The van der Waals surface area contributed by atoms with Gasteiger partial charge in [-0.25, -0.2) is 0 Å². The van der Waals surface area contributed by atoms with E-state index < -0.39 is 5.91 Å². The van der Waals surface area contributed by atoms with Crippen LogP contribution >= 0.6 is 0 Å². The zero-order chi connectivity index (χ0) is 22.4. The monoisotopic (exact) mass is 424 g/mol. The first-order chi connectivity index (χ1) is 14.9. The summed E-state index contributed by atoms with van der Waals surface area (Å²) >= 11 is 0. The smallest absolute Gasteiger partial charge is 0.273 e. The van der Waals surface area contributed by atoms with E-state index in [0.717, 1.165) is 12.8 Å². The fourth-order valence-corrected chi connectivity index (χ4v) is 3.27. The first-order valence-electron chi connectivity index (χ1n) is 9.72. The number of carbonyl (C=O) groups excluding carboxylic acids is 3. The fraction of sp³-hybridized carbons (Fsp3) is 0.300. The molecule has 1 saturated heterocycles. The average molecular weight is 424 g/mol. The predicted octanol–water partition coefficient (Wildman–Crippen LogP) is 0.663. The Labute approximate surface area is 179 Å². The van der Waals surface area contributed by atoms with E-state index in [1.807, 2.05) is 0 Å². The molecule has 0 aliphatic carbocycles. The summed E-state index contributed by atoms with van der Waals surface area (Å²) in [6.45, 7) is 4.66. The van der Waals surface area contributed by atoms with Crippen molar-refractivity contribution in [1.29, 1.82) is 0 Å². The molecule has 0 saturated carbocycles. The van der Waals surface area contributed by atoms with Crippen LogP contribution in [0, 0.1) is 0 Å². The van der Waals surface area contributed by atoms with Crippen LogP contribution < -0.4 is 21.7 Å². The Hall–Kier alpha value is -4.02. The number of rotatable bonds is 7. The van der Waals surface area contributed by atoms with Gasteiger partial charge in [-0.1, -0.05) is 12.6 Å². The quantitative estimate of drug-likeness (QED) is 0.473. The molecule has 0 spiro atoms. The number of nitrogens with one attached hydrogen (secondary N) is 3. The summed E-state index contributed by atoms with van der Waals surface area (Å²) in [5.74, 6) is -0.885. The van der Waals surface area contributed by atoms with Crippen molar-refractivity contribution in [2.45, 2.75) is 18.9 Å². The van der Waals surface area contributed by atoms with E-state index in [9.17, 15) is 14.4 Å². The highest BCUT2D eigenvalue weighted by atomic mass is 16.2. The van der Waals surface area contributed by atoms with E-state index >= 15 is 0 Å². The number of anilines is 3. The highest BCUT2D eigenvalue weighted by molar-refractivity contribution is 5.97. The molecule has 162 valence electrons. The number of amides is 3. The number of benzene rings is 1. The van der Waals surface area contributed by atoms with E-state index in [2.05, 4.69) is 37.7 Å². The minimum absolute atomic E-state index is 0.0803. The molecule has 1 aromatic carbocycles. The molecular weight excluding hydrogens is 400 g/mol. The summed E-state index contributed by atoms with van der Waals surface area (Å²) < 4.78 is 0. The molecule has 0 radical (unpaired) electrons. The van der Waals surface area contributed by atoms with Crippen molar-refractivity contribution in [3.63, 3.8) is 0 Å². The predicted molar refractivity (Wildman–Crippen MR) is 115 cm³/mol. The van der Waals surface area contributed by atoms with Gasteiger partial charge in [0.15, 0.2) is 11.5 Å². The number of piperidine rings is 1. The number of hydrogen-bond acceptors (Lipinski definition) is 8. The van der Waals surface area contributed by atoms with E-state index in [1.54, 1.807) is 29.2 Å². The van der Waals surface area contributed by atoms with Crippen molar-refractivity contribution in [3.05, 3.63) is 48.2 Å². The third kappa shape index (κ3) is 5.32. The van der Waals surface area contributed by atoms with Gasteiger partial charge in [-0.15, -0.1) is 10.2 Å². The van der Waals surface area contributed by atoms with Crippen LogP contribution in [0.4, 0.5) is 17.5 Å². The third-order valence-electron chi connectivity index (χ3n) is 4.78. The lowest BCUT2D eigenvalue weighted by Crippen LogP contribution is -2.44. The minimum atomic E-state index is -0.795. The van der Waals surface area contributed by atoms with E-state index in [-0.39, 0.29) is 35.3 Å². The lowest BCUT2D eigenvalue weighted by atomic mass is 10.1. The summed E-state index contributed by atoms with van der Waals surface area (Å²) in [7, 11) is 1.54. The van der Waals surface area contributed by atoms with Crippen molar-refractivity contribution in [1.82, 2.24) is 25.4 Å².